The topological polar surface area (TPSA) is 88.2 Å². The van der Waals surface area contributed by atoms with Crippen LogP contribution in [0, 0.1) is 21.4 Å². The fourth-order valence-corrected chi connectivity index (χ4v) is 2.88. The predicted molar refractivity (Wildman–Crippen MR) is 67.7 cm³/mol. The molecule has 3 atom stereocenters. The Morgan fingerprint density at radius 2 is 2.32 bits per heavy atom. The molecule has 0 radical (unpaired) electrons. The SMILES string of the molecule is N#Cc1cc(NC2CC3CCC2O3)ccc1[N+](=O)[O-]. The molecule has 2 heterocycles. The van der Waals surface area contributed by atoms with E-state index in [4.69, 9.17) is 10.00 Å². The van der Waals surface area contributed by atoms with Gasteiger partial charge in [0, 0.05) is 11.8 Å². The van der Waals surface area contributed by atoms with E-state index in [2.05, 4.69) is 5.32 Å². The van der Waals surface area contributed by atoms with E-state index in [0.717, 1.165) is 24.9 Å². The molecule has 2 aliphatic rings. The van der Waals surface area contributed by atoms with Crippen LogP contribution in [0.25, 0.3) is 0 Å². The number of nitrogens with zero attached hydrogens (tertiary/aromatic N) is 2. The molecule has 3 rings (SSSR count). The van der Waals surface area contributed by atoms with Crippen LogP contribution in [0.3, 0.4) is 0 Å². The lowest BCUT2D eigenvalue weighted by Gasteiger charge is -2.21. The highest BCUT2D eigenvalue weighted by atomic mass is 16.6. The largest absolute Gasteiger partial charge is 0.380 e. The third-order valence-electron chi connectivity index (χ3n) is 3.77. The van der Waals surface area contributed by atoms with Crippen molar-refractivity contribution >= 4 is 11.4 Å². The molecule has 1 aromatic carbocycles. The van der Waals surface area contributed by atoms with Gasteiger partial charge in [0.15, 0.2) is 0 Å². The molecule has 2 saturated heterocycles. The Balaban J connectivity index is 1.79. The highest BCUT2D eigenvalue weighted by Crippen LogP contribution is 2.36. The van der Waals surface area contributed by atoms with Gasteiger partial charge in [0.25, 0.3) is 5.69 Å². The molecule has 1 N–H and O–H groups in total. The maximum absolute atomic E-state index is 10.8. The average molecular weight is 259 g/mol. The summed E-state index contributed by atoms with van der Waals surface area (Å²) < 4.78 is 5.74. The van der Waals surface area contributed by atoms with E-state index in [-0.39, 0.29) is 23.4 Å². The summed E-state index contributed by atoms with van der Waals surface area (Å²) in [7, 11) is 0. The molecule has 98 valence electrons. The molecular formula is C13H13N3O3. The molecule has 0 amide bonds. The number of nitrogens with one attached hydrogen (secondary N) is 1. The monoisotopic (exact) mass is 259 g/mol. The maximum atomic E-state index is 10.8. The van der Waals surface area contributed by atoms with Crippen LogP contribution in [0.5, 0.6) is 0 Å². The second-order valence-electron chi connectivity index (χ2n) is 4.96. The van der Waals surface area contributed by atoms with E-state index in [9.17, 15) is 10.1 Å². The predicted octanol–water partition coefficient (Wildman–Crippen LogP) is 2.20. The second kappa shape index (κ2) is 4.52. The first kappa shape index (κ1) is 11.9. The molecule has 0 spiro atoms. The summed E-state index contributed by atoms with van der Waals surface area (Å²) in [5.41, 5.74) is 0.666. The Labute approximate surface area is 110 Å². The maximum Gasteiger partial charge on any atom is 0.287 e. The van der Waals surface area contributed by atoms with Crippen molar-refractivity contribution in [3.63, 3.8) is 0 Å². The lowest BCUT2D eigenvalue weighted by Crippen LogP contribution is -2.30. The summed E-state index contributed by atoms with van der Waals surface area (Å²) in [6.07, 6.45) is 3.71. The minimum atomic E-state index is -0.539. The van der Waals surface area contributed by atoms with Crippen molar-refractivity contribution in [1.29, 1.82) is 5.26 Å². The first-order valence-corrected chi connectivity index (χ1v) is 6.28. The van der Waals surface area contributed by atoms with Gasteiger partial charge in [-0.1, -0.05) is 0 Å². The molecule has 0 saturated carbocycles. The number of anilines is 1. The first-order valence-electron chi connectivity index (χ1n) is 6.28. The lowest BCUT2D eigenvalue weighted by molar-refractivity contribution is -0.385. The van der Waals surface area contributed by atoms with Gasteiger partial charge in [0.1, 0.15) is 11.6 Å². The number of fused-ring (bicyclic) bond motifs is 2. The number of rotatable bonds is 3. The first-order chi connectivity index (χ1) is 9.17. The quantitative estimate of drug-likeness (QED) is 0.664. The summed E-state index contributed by atoms with van der Waals surface area (Å²) in [6, 6.07) is 6.65. The molecule has 6 nitrogen and oxygen atoms in total. The molecule has 2 fully saturated rings. The molecule has 2 aliphatic heterocycles. The van der Waals surface area contributed by atoms with E-state index in [0.29, 0.717) is 6.10 Å². The molecule has 2 bridgehead atoms. The van der Waals surface area contributed by atoms with Gasteiger partial charge < -0.3 is 10.1 Å². The molecule has 1 aromatic rings. The lowest BCUT2D eigenvalue weighted by atomic mass is 9.95. The van der Waals surface area contributed by atoms with Gasteiger partial charge >= 0.3 is 0 Å². The minimum absolute atomic E-state index is 0.0825. The standard InChI is InChI=1S/C13H13N3O3/c14-7-8-5-9(1-3-12(8)16(17)18)15-11-6-10-2-4-13(11)19-10/h1,3,5,10-11,13,15H,2,4,6H2. The van der Waals surface area contributed by atoms with Crippen LogP contribution in [0.1, 0.15) is 24.8 Å². The van der Waals surface area contributed by atoms with Crippen LogP contribution in [0.4, 0.5) is 11.4 Å². The van der Waals surface area contributed by atoms with Crippen molar-refractivity contribution in [1.82, 2.24) is 0 Å². The fraction of sp³-hybridized carbons (Fsp3) is 0.462. The van der Waals surface area contributed by atoms with Crippen LogP contribution in [-0.4, -0.2) is 23.2 Å². The number of nitro benzene ring substituents is 1. The molecule has 19 heavy (non-hydrogen) atoms. The van der Waals surface area contributed by atoms with E-state index in [1.54, 1.807) is 6.07 Å². The fourth-order valence-electron chi connectivity index (χ4n) is 2.88. The van der Waals surface area contributed by atoms with Crippen molar-refractivity contribution < 1.29 is 9.66 Å². The van der Waals surface area contributed by atoms with E-state index in [1.165, 1.54) is 12.1 Å². The third kappa shape index (κ3) is 2.13. The van der Waals surface area contributed by atoms with E-state index < -0.39 is 4.92 Å². The van der Waals surface area contributed by atoms with Crippen molar-refractivity contribution in [2.24, 2.45) is 0 Å². The Morgan fingerprint density at radius 3 is 2.89 bits per heavy atom. The van der Waals surface area contributed by atoms with Crippen LogP contribution in [0.15, 0.2) is 18.2 Å². The number of nitro groups is 1. The molecule has 0 aliphatic carbocycles. The van der Waals surface area contributed by atoms with Gasteiger partial charge in [-0.3, -0.25) is 10.1 Å². The van der Waals surface area contributed by atoms with Crippen LogP contribution < -0.4 is 5.32 Å². The molecule has 6 heteroatoms. The average Bonchev–Trinajstić information content (AvgIpc) is 3.00. The van der Waals surface area contributed by atoms with Gasteiger partial charge in [-0.15, -0.1) is 0 Å². The Bertz CT molecular complexity index is 567. The van der Waals surface area contributed by atoms with Gasteiger partial charge in [-0.25, -0.2) is 0 Å². The number of hydrogen-bond donors (Lipinski definition) is 1. The Hall–Kier alpha value is -2.13. The van der Waals surface area contributed by atoms with Crippen LogP contribution >= 0.6 is 0 Å². The number of hydrogen-bond acceptors (Lipinski definition) is 5. The second-order valence-corrected chi connectivity index (χ2v) is 4.96. The van der Waals surface area contributed by atoms with E-state index in [1.807, 2.05) is 6.07 Å². The van der Waals surface area contributed by atoms with Crippen LogP contribution in [-0.2, 0) is 4.74 Å². The summed E-state index contributed by atoms with van der Waals surface area (Å²) in [5.74, 6) is 0. The number of benzene rings is 1. The van der Waals surface area contributed by atoms with Gasteiger partial charge in [-0.2, -0.15) is 5.26 Å². The minimum Gasteiger partial charge on any atom is -0.380 e. The van der Waals surface area contributed by atoms with Gasteiger partial charge in [-0.05, 0) is 31.4 Å². The number of ether oxygens (including phenoxy) is 1. The zero-order valence-electron chi connectivity index (χ0n) is 10.2. The zero-order chi connectivity index (χ0) is 13.4. The molecule has 3 unspecified atom stereocenters. The third-order valence-corrected chi connectivity index (χ3v) is 3.77. The van der Waals surface area contributed by atoms with Crippen molar-refractivity contribution in [3.8, 4) is 6.07 Å². The summed E-state index contributed by atoms with van der Waals surface area (Å²) in [5, 5.41) is 23.0. The molecule has 0 aromatic heterocycles. The Kier molecular flexibility index (Phi) is 2.84. The van der Waals surface area contributed by atoms with Crippen molar-refractivity contribution in [2.45, 2.75) is 37.5 Å². The zero-order valence-corrected chi connectivity index (χ0v) is 10.2. The summed E-state index contributed by atoms with van der Waals surface area (Å²) >= 11 is 0. The van der Waals surface area contributed by atoms with Crippen molar-refractivity contribution in [2.75, 3.05) is 5.32 Å². The van der Waals surface area contributed by atoms with Gasteiger partial charge in [0.2, 0.25) is 0 Å². The number of nitriles is 1. The summed E-state index contributed by atoms with van der Waals surface area (Å²) in [4.78, 5) is 10.2. The highest BCUT2D eigenvalue weighted by Gasteiger charge is 2.40. The van der Waals surface area contributed by atoms with E-state index >= 15 is 0 Å². The Morgan fingerprint density at radius 1 is 1.47 bits per heavy atom. The normalized spacial score (nSPS) is 28.1. The highest BCUT2D eigenvalue weighted by molar-refractivity contribution is 5.59. The van der Waals surface area contributed by atoms with Crippen molar-refractivity contribution in [3.05, 3.63) is 33.9 Å². The summed E-state index contributed by atoms with van der Waals surface area (Å²) in [6.45, 7) is 0. The molecular weight excluding hydrogens is 246 g/mol. The smallest absolute Gasteiger partial charge is 0.287 e. The van der Waals surface area contributed by atoms with Gasteiger partial charge in [0.05, 0.1) is 23.2 Å². The van der Waals surface area contributed by atoms with Crippen LogP contribution in [0.2, 0.25) is 0 Å².